The fourth-order valence-corrected chi connectivity index (χ4v) is 3.67. The number of alkyl carbamates (subject to hydrolysis) is 1. The molecule has 1 amide bonds. The van der Waals surface area contributed by atoms with Gasteiger partial charge in [-0.1, -0.05) is 48.5 Å². The second kappa shape index (κ2) is 9.91. The molecule has 0 radical (unpaired) electrons. The fraction of sp³-hybridized carbons (Fsp3) is 0.348. The number of carbonyl (C=O) groups excluding carboxylic acids is 3. The third-order valence-electron chi connectivity index (χ3n) is 5.06. The number of benzene rings is 2. The van der Waals surface area contributed by atoms with E-state index < -0.39 is 24.1 Å². The Bertz CT molecular complexity index is 880. The predicted molar refractivity (Wildman–Crippen MR) is 110 cm³/mol. The van der Waals surface area contributed by atoms with E-state index in [4.69, 9.17) is 14.2 Å². The summed E-state index contributed by atoms with van der Waals surface area (Å²) in [6.07, 6.45) is -0.691. The molecule has 0 fully saturated rings. The molecule has 0 aliphatic heterocycles. The quantitative estimate of drug-likeness (QED) is 0.529. The van der Waals surface area contributed by atoms with Crippen molar-refractivity contribution in [2.45, 2.75) is 31.7 Å². The third-order valence-corrected chi connectivity index (χ3v) is 5.06. The Morgan fingerprint density at radius 2 is 1.57 bits per heavy atom. The minimum Gasteiger partial charge on any atom is -0.467 e. The zero-order chi connectivity index (χ0) is 21.5. The van der Waals surface area contributed by atoms with Crippen LogP contribution in [0.25, 0.3) is 11.1 Å². The Labute approximate surface area is 175 Å². The Balaban J connectivity index is 1.63. The summed E-state index contributed by atoms with van der Waals surface area (Å²) in [7, 11) is 1.22. The van der Waals surface area contributed by atoms with E-state index in [2.05, 4.69) is 17.4 Å². The Morgan fingerprint density at radius 3 is 2.13 bits per heavy atom. The molecule has 1 unspecified atom stereocenters. The van der Waals surface area contributed by atoms with Gasteiger partial charge in [-0.15, -0.1) is 0 Å². The maximum atomic E-state index is 12.4. The van der Waals surface area contributed by atoms with Gasteiger partial charge in [0.2, 0.25) is 0 Å². The number of fused-ring (bicyclic) bond motifs is 3. The summed E-state index contributed by atoms with van der Waals surface area (Å²) in [6.45, 7) is 2.08. The second-order valence-corrected chi connectivity index (χ2v) is 6.89. The number of carbonyl (C=O) groups is 3. The zero-order valence-electron chi connectivity index (χ0n) is 17.1. The molecular weight excluding hydrogens is 386 g/mol. The van der Waals surface area contributed by atoms with Gasteiger partial charge in [0.15, 0.2) is 0 Å². The van der Waals surface area contributed by atoms with Crippen LogP contribution >= 0.6 is 0 Å². The van der Waals surface area contributed by atoms with Gasteiger partial charge in [-0.3, -0.25) is 4.79 Å². The van der Waals surface area contributed by atoms with Crippen molar-refractivity contribution in [2.75, 3.05) is 20.3 Å². The summed E-state index contributed by atoms with van der Waals surface area (Å²) in [4.78, 5) is 35.9. The van der Waals surface area contributed by atoms with Gasteiger partial charge in [0, 0.05) is 12.3 Å². The molecule has 0 heterocycles. The molecule has 7 nitrogen and oxygen atoms in total. The first-order valence-electron chi connectivity index (χ1n) is 9.90. The van der Waals surface area contributed by atoms with Crippen molar-refractivity contribution in [1.29, 1.82) is 0 Å². The zero-order valence-corrected chi connectivity index (χ0v) is 17.1. The Kier molecular flexibility index (Phi) is 7.06. The summed E-state index contributed by atoms with van der Waals surface area (Å²) in [6, 6.07) is 15.0. The normalized spacial score (nSPS) is 13.0. The van der Waals surface area contributed by atoms with Crippen LogP contribution in [0.1, 0.15) is 36.8 Å². The van der Waals surface area contributed by atoms with Crippen LogP contribution in [0.2, 0.25) is 0 Å². The summed E-state index contributed by atoms with van der Waals surface area (Å²) in [5.74, 6) is -1.17. The van der Waals surface area contributed by atoms with Crippen molar-refractivity contribution in [3.8, 4) is 11.1 Å². The number of nitrogens with one attached hydrogen (secondary N) is 1. The Hall–Kier alpha value is -3.35. The van der Waals surface area contributed by atoms with Gasteiger partial charge < -0.3 is 19.5 Å². The van der Waals surface area contributed by atoms with Gasteiger partial charge in [0.05, 0.1) is 13.7 Å². The van der Waals surface area contributed by atoms with E-state index in [0.717, 1.165) is 22.3 Å². The highest BCUT2D eigenvalue weighted by atomic mass is 16.6. The number of hydrogen-bond donors (Lipinski definition) is 1. The number of amides is 1. The van der Waals surface area contributed by atoms with Crippen LogP contribution in [0.15, 0.2) is 48.5 Å². The van der Waals surface area contributed by atoms with Crippen LogP contribution in [0.3, 0.4) is 0 Å². The topological polar surface area (TPSA) is 90.9 Å². The van der Waals surface area contributed by atoms with Gasteiger partial charge >= 0.3 is 18.0 Å². The van der Waals surface area contributed by atoms with E-state index in [-0.39, 0.29) is 32.0 Å². The average molecular weight is 411 g/mol. The van der Waals surface area contributed by atoms with E-state index in [0.29, 0.717) is 0 Å². The van der Waals surface area contributed by atoms with Crippen molar-refractivity contribution in [3.63, 3.8) is 0 Å². The molecule has 1 aliphatic carbocycles. The molecule has 1 aliphatic rings. The molecule has 0 aromatic heterocycles. The lowest BCUT2D eigenvalue weighted by Crippen LogP contribution is -2.42. The van der Waals surface area contributed by atoms with Gasteiger partial charge in [-0.2, -0.15) is 0 Å². The van der Waals surface area contributed by atoms with E-state index in [9.17, 15) is 14.4 Å². The largest absolute Gasteiger partial charge is 0.467 e. The summed E-state index contributed by atoms with van der Waals surface area (Å²) >= 11 is 0. The fourth-order valence-electron chi connectivity index (χ4n) is 3.67. The standard InChI is InChI=1S/C23H25NO6/c1-3-29-21(25)13-12-20(22(26)28-2)24-23(27)30-14-19-17-10-6-4-8-15(17)16-9-5-7-11-18(16)19/h4-11,19-20H,3,12-14H2,1-2H3,(H,24,27). The first kappa shape index (κ1) is 21.4. The van der Waals surface area contributed by atoms with E-state index >= 15 is 0 Å². The lowest BCUT2D eigenvalue weighted by atomic mass is 9.98. The van der Waals surface area contributed by atoms with Crippen molar-refractivity contribution >= 4 is 18.0 Å². The molecule has 2 aromatic rings. The number of methoxy groups -OCH3 is 1. The maximum absolute atomic E-state index is 12.4. The smallest absolute Gasteiger partial charge is 0.407 e. The Morgan fingerprint density at radius 1 is 0.967 bits per heavy atom. The van der Waals surface area contributed by atoms with Crippen LogP contribution in [0.5, 0.6) is 0 Å². The lowest BCUT2D eigenvalue weighted by Gasteiger charge is -2.18. The van der Waals surface area contributed by atoms with Crippen molar-refractivity contribution < 1.29 is 28.6 Å². The molecule has 1 N–H and O–H groups in total. The van der Waals surface area contributed by atoms with E-state index in [1.54, 1.807) is 6.92 Å². The molecule has 30 heavy (non-hydrogen) atoms. The van der Waals surface area contributed by atoms with Gasteiger partial charge in [0.25, 0.3) is 0 Å². The minimum absolute atomic E-state index is 0.0166. The molecule has 0 spiro atoms. The number of ether oxygens (including phenoxy) is 3. The first-order valence-corrected chi connectivity index (χ1v) is 9.90. The number of esters is 2. The van der Waals surface area contributed by atoms with E-state index in [1.807, 2.05) is 36.4 Å². The van der Waals surface area contributed by atoms with Crippen LogP contribution in [0.4, 0.5) is 4.79 Å². The third kappa shape index (κ3) is 4.79. The van der Waals surface area contributed by atoms with Crippen molar-refractivity contribution in [2.24, 2.45) is 0 Å². The van der Waals surface area contributed by atoms with Crippen LogP contribution in [-0.4, -0.2) is 44.4 Å². The van der Waals surface area contributed by atoms with Crippen LogP contribution in [-0.2, 0) is 23.8 Å². The maximum Gasteiger partial charge on any atom is 0.407 e. The van der Waals surface area contributed by atoms with E-state index in [1.165, 1.54) is 7.11 Å². The SMILES string of the molecule is CCOC(=O)CCC(NC(=O)OCC1c2ccccc2-c2ccccc21)C(=O)OC. The molecule has 1 atom stereocenters. The van der Waals surface area contributed by atoms with Crippen LogP contribution < -0.4 is 5.32 Å². The lowest BCUT2D eigenvalue weighted by molar-refractivity contribution is -0.145. The van der Waals surface area contributed by atoms with Crippen LogP contribution in [0, 0.1) is 0 Å². The average Bonchev–Trinajstić information content (AvgIpc) is 3.08. The highest BCUT2D eigenvalue weighted by Crippen LogP contribution is 2.44. The van der Waals surface area contributed by atoms with Gasteiger partial charge in [0.1, 0.15) is 12.6 Å². The molecule has 2 aromatic carbocycles. The molecule has 158 valence electrons. The van der Waals surface area contributed by atoms with Gasteiger partial charge in [-0.25, -0.2) is 9.59 Å². The monoisotopic (exact) mass is 411 g/mol. The molecule has 0 bridgehead atoms. The molecule has 3 rings (SSSR count). The summed E-state index contributed by atoms with van der Waals surface area (Å²) in [5.41, 5.74) is 4.45. The predicted octanol–water partition coefficient (Wildman–Crippen LogP) is 3.41. The molecule has 0 saturated carbocycles. The highest BCUT2D eigenvalue weighted by Gasteiger charge is 2.30. The summed E-state index contributed by atoms with van der Waals surface area (Å²) in [5, 5.41) is 2.49. The van der Waals surface area contributed by atoms with Gasteiger partial charge in [-0.05, 0) is 35.6 Å². The number of rotatable bonds is 8. The number of hydrogen-bond acceptors (Lipinski definition) is 6. The molecular formula is C23H25NO6. The van der Waals surface area contributed by atoms with Crippen molar-refractivity contribution in [1.82, 2.24) is 5.32 Å². The summed E-state index contributed by atoms with van der Waals surface area (Å²) < 4.78 is 15.0. The second-order valence-electron chi connectivity index (χ2n) is 6.89. The van der Waals surface area contributed by atoms with Crippen molar-refractivity contribution in [3.05, 3.63) is 59.7 Å². The molecule has 7 heteroatoms. The first-order chi connectivity index (χ1) is 14.5. The molecule has 0 saturated heterocycles. The minimum atomic E-state index is -0.991. The highest BCUT2D eigenvalue weighted by molar-refractivity contribution is 5.82.